The number of nitrogens with zero attached hydrogens (tertiary/aromatic N) is 2. The predicted octanol–water partition coefficient (Wildman–Crippen LogP) is 2.67. The highest BCUT2D eigenvalue weighted by Gasteiger charge is 2.18. The summed E-state index contributed by atoms with van der Waals surface area (Å²) < 4.78 is 4.80. The lowest BCUT2D eigenvalue weighted by Gasteiger charge is -1.96. The smallest absolute Gasteiger partial charge is 0.228 e. The van der Waals surface area contributed by atoms with Crippen molar-refractivity contribution in [3.8, 4) is 0 Å². The SMILES string of the molecule is CCC[n+]1c(C)n(CC)c2ccccc21. The van der Waals surface area contributed by atoms with Crippen LogP contribution in [0, 0.1) is 6.92 Å². The highest BCUT2D eigenvalue weighted by atomic mass is 15.2. The molecule has 0 aliphatic heterocycles. The van der Waals surface area contributed by atoms with Gasteiger partial charge < -0.3 is 0 Å². The van der Waals surface area contributed by atoms with Gasteiger partial charge in [0, 0.05) is 6.92 Å². The van der Waals surface area contributed by atoms with Crippen LogP contribution in [0.15, 0.2) is 24.3 Å². The second kappa shape index (κ2) is 4.05. The minimum Gasteiger partial charge on any atom is -0.228 e. The number of aryl methyl sites for hydroxylation is 2. The minimum absolute atomic E-state index is 1.04. The van der Waals surface area contributed by atoms with Gasteiger partial charge in [0.2, 0.25) is 0 Å². The maximum Gasteiger partial charge on any atom is 0.254 e. The standard InChI is InChI=1S/C13H19N2/c1-4-10-15-11(3)14(5-2)12-8-6-7-9-13(12)15/h6-9H,4-5,10H2,1-3H3/q+1. The van der Waals surface area contributed by atoms with Crippen molar-refractivity contribution in [1.29, 1.82) is 0 Å². The molecule has 2 aromatic rings. The molecular weight excluding hydrogens is 184 g/mol. The van der Waals surface area contributed by atoms with Gasteiger partial charge in [0.25, 0.3) is 5.82 Å². The van der Waals surface area contributed by atoms with Gasteiger partial charge in [-0.25, -0.2) is 9.13 Å². The Kier molecular flexibility index (Phi) is 2.76. The summed E-state index contributed by atoms with van der Waals surface area (Å²) in [6.07, 6.45) is 1.18. The number of imidazole rings is 1. The van der Waals surface area contributed by atoms with E-state index in [1.165, 1.54) is 23.3 Å². The van der Waals surface area contributed by atoms with Crippen LogP contribution >= 0.6 is 0 Å². The highest BCUT2D eigenvalue weighted by Crippen LogP contribution is 2.13. The van der Waals surface area contributed by atoms with Crippen molar-refractivity contribution in [2.75, 3.05) is 0 Å². The van der Waals surface area contributed by atoms with Crippen LogP contribution in [0.4, 0.5) is 0 Å². The molecule has 2 heteroatoms. The quantitative estimate of drug-likeness (QED) is 0.678. The Labute approximate surface area is 91.2 Å². The lowest BCUT2D eigenvalue weighted by Crippen LogP contribution is -2.36. The van der Waals surface area contributed by atoms with Gasteiger partial charge in [-0.1, -0.05) is 19.1 Å². The lowest BCUT2D eigenvalue weighted by molar-refractivity contribution is -0.678. The molecule has 2 rings (SSSR count). The van der Waals surface area contributed by atoms with Crippen molar-refractivity contribution in [2.24, 2.45) is 0 Å². The van der Waals surface area contributed by atoms with Gasteiger partial charge in [0.05, 0.1) is 13.1 Å². The van der Waals surface area contributed by atoms with Crippen LogP contribution in [-0.2, 0) is 13.1 Å². The Hall–Kier alpha value is -1.31. The van der Waals surface area contributed by atoms with E-state index in [4.69, 9.17) is 0 Å². The van der Waals surface area contributed by atoms with Gasteiger partial charge in [-0.3, -0.25) is 0 Å². The maximum absolute atomic E-state index is 2.42. The molecule has 1 aromatic heterocycles. The molecule has 0 amide bonds. The molecule has 0 saturated carbocycles. The van der Waals surface area contributed by atoms with Crippen molar-refractivity contribution < 1.29 is 4.57 Å². The van der Waals surface area contributed by atoms with E-state index < -0.39 is 0 Å². The first kappa shape index (κ1) is 10.2. The molecule has 0 radical (unpaired) electrons. The Bertz CT molecular complexity index is 469. The van der Waals surface area contributed by atoms with Crippen LogP contribution in [0.25, 0.3) is 11.0 Å². The summed E-state index contributed by atoms with van der Waals surface area (Å²) in [5.41, 5.74) is 2.71. The molecule has 1 heterocycles. The third kappa shape index (κ3) is 1.54. The number of para-hydroxylation sites is 2. The summed E-state index contributed by atoms with van der Waals surface area (Å²) in [6.45, 7) is 8.79. The van der Waals surface area contributed by atoms with E-state index in [0.717, 1.165) is 13.1 Å². The van der Waals surface area contributed by atoms with E-state index in [2.05, 4.69) is 54.2 Å². The largest absolute Gasteiger partial charge is 0.254 e. The van der Waals surface area contributed by atoms with Crippen LogP contribution < -0.4 is 4.57 Å². The first-order valence-electron chi connectivity index (χ1n) is 5.77. The molecule has 0 N–H and O–H groups in total. The van der Waals surface area contributed by atoms with Gasteiger partial charge in [0.15, 0.2) is 11.0 Å². The summed E-state index contributed by atoms with van der Waals surface area (Å²) >= 11 is 0. The first-order valence-corrected chi connectivity index (χ1v) is 5.77. The molecular formula is C13H19N2+. The topological polar surface area (TPSA) is 8.81 Å². The molecule has 2 nitrogen and oxygen atoms in total. The van der Waals surface area contributed by atoms with E-state index in [-0.39, 0.29) is 0 Å². The zero-order valence-corrected chi connectivity index (χ0v) is 9.83. The van der Waals surface area contributed by atoms with Crippen LogP contribution in [0.1, 0.15) is 26.1 Å². The molecule has 0 atom stereocenters. The highest BCUT2D eigenvalue weighted by molar-refractivity contribution is 5.72. The van der Waals surface area contributed by atoms with Crippen molar-refractivity contribution >= 4 is 11.0 Å². The Morgan fingerprint density at radius 2 is 1.93 bits per heavy atom. The van der Waals surface area contributed by atoms with Crippen LogP contribution in [0.2, 0.25) is 0 Å². The number of hydrogen-bond acceptors (Lipinski definition) is 0. The molecule has 0 aliphatic rings. The number of hydrogen-bond donors (Lipinski definition) is 0. The summed E-state index contributed by atoms with van der Waals surface area (Å²) in [4.78, 5) is 0. The van der Waals surface area contributed by atoms with Crippen LogP contribution in [-0.4, -0.2) is 4.57 Å². The van der Waals surface area contributed by atoms with Gasteiger partial charge in [-0.15, -0.1) is 0 Å². The summed E-state index contributed by atoms with van der Waals surface area (Å²) in [5.74, 6) is 1.36. The van der Waals surface area contributed by atoms with Gasteiger partial charge in [-0.05, 0) is 25.5 Å². The van der Waals surface area contributed by atoms with Crippen LogP contribution in [0.3, 0.4) is 0 Å². The normalized spacial score (nSPS) is 11.1. The fraction of sp³-hybridized carbons (Fsp3) is 0.462. The fourth-order valence-electron chi connectivity index (χ4n) is 2.32. The van der Waals surface area contributed by atoms with Crippen molar-refractivity contribution in [3.05, 3.63) is 30.1 Å². The predicted molar refractivity (Wildman–Crippen MR) is 62.8 cm³/mol. The number of aromatic nitrogens is 2. The van der Waals surface area contributed by atoms with Gasteiger partial charge >= 0.3 is 0 Å². The summed E-state index contributed by atoms with van der Waals surface area (Å²) in [7, 11) is 0. The number of rotatable bonds is 3. The minimum atomic E-state index is 1.04. The van der Waals surface area contributed by atoms with Crippen molar-refractivity contribution in [3.63, 3.8) is 0 Å². The van der Waals surface area contributed by atoms with E-state index in [0.29, 0.717) is 0 Å². The van der Waals surface area contributed by atoms with E-state index >= 15 is 0 Å². The van der Waals surface area contributed by atoms with E-state index in [9.17, 15) is 0 Å². The molecule has 15 heavy (non-hydrogen) atoms. The second-order valence-corrected chi connectivity index (χ2v) is 3.93. The zero-order chi connectivity index (χ0) is 10.8. The van der Waals surface area contributed by atoms with Crippen molar-refractivity contribution in [2.45, 2.75) is 40.3 Å². The van der Waals surface area contributed by atoms with Gasteiger partial charge in [-0.2, -0.15) is 0 Å². The molecule has 1 aromatic carbocycles. The second-order valence-electron chi connectivity index (χ2n) is 3.93. The lowest BCUT2D eigenvalue weighted by atomic mass is 10.3. The van der Waals surface area contributed by atoms with Gasteiger partial charge in [0.1, 0.15) is 0 Å². The molecule has 0 bridgehead atoms. The fourth-order valence-corrected chi connectivity index (χ4v) is 2.32. The molecule has 0 unspecified atom stereocenters. The summed E-state index contributed by atoms with van der Waals surface area (Å²) in [5, 5.41) is 0. The molecule has 0 spiro atoms. The molecule has 0 aliphatic carbocycles. The third-order valence-electron chi connectivity index (χ3n) is 3.01. The van der Waals surface area contributed by atoms with Crippen LogP contribution in [0.5, 0.6) is 0 Å². The maximum atomic E-state index is 2.42. The number of fused-ring (bicyclic) bond motifs is 1. The zero-order valence-electron chi connectivity index (χ0n) is 9.83. The van der Waals surface area contributed by atoms with Crippen molar-refractivity contribution in [1.82, 2.24) is 4.57 Å². The van der Waals surface area contributed by atoms with E-state index in [1.807, 2.05) is 0 Å². The Morgan fingerprint density at radius 1 is 1.20 bits per heavy atom. The monoisotopic (exact) mass is 203 g/mol. The summed E-state index contributed by atoms with van der Waals surface area (Å²) in [6, 6.07) is 8.65. The molecule has 0 fully saturated rings. The number of benzene rings is 1. The first-order chi connectivity index (χ1) is 7.29. The Balaban J connectivity index is 2.72. The average Bonchev–Trinajstić information content (AvgIpc) is 2.53. The molecule has 0 saturated heterocycles. The Morgan fingerprint density at radius 3 is 2.60 bits per heavy atom. The average molecular weight is 203 g/mol. The third-order valence-corrected chi connectivity index (χ3v) is 3.01. The van der Waals surface area contributed by atoms with E-state index in [1.54, 1.807) is 0 Å². The molecule has 80 valence electrons.